The molecule has 0 aliphatic carbocycles. The van der Waals surface area contributed by atoms with Gasteiger partial charge in [0.05, 0.1) is 0 Å². The van der Waals surface area contributed by atoms with E-state index in [1.165, 1.54) is 11.1 Å². The van der Waals surface area contributed by atoms with Gasteiger partial charge in [-0.05, 0) is 27.5 Å². The lowest BCUT2D eigenvalue weighted by atomic mass is 9.75. The van der Waals surface area contributed by atoms with E-state index in [0.717, 1.165) is 6.54 Å². The molecule has 0 spiro atoms. The number of rotatable bonds is 0. The van der Waals surface area contributed by atoms with Crippen LogP contribution in [-0.2, 0) is 12.0 Å². The summed E-state index contributed by atoms with van der Waals surface area (Å²) in [5.41, 5.74) is 5.03. The van der Waals surface area contributed by atoms with Crippen LogP contribution in [0.4, 0.5) is 0 Å². The third-order valence-electron chi connectivity index (χ3n) is 3.66. The van der Waals surface area contributed by atoms with Gasteiger partial charge >= 0.3 is 0 Å². The summed E-state index contributed by atoms with van der Waals surface area (Å²) in [6, 6.07) is 7.24. The summed E-state index contributed by atoms with van der Waals surface area (Å²) < 4.78 is 0. The minimum atomic E-state index is 0.223. The molecule has 17 heavy (non-hydrogen) atoms. The zero-order valence-corrected chi connectivity index (χ0v) is 12.0. The number of nitrogens with one attached hydrogen (secondary N) is 1. The smallest absolute Gasteiger partial charge is 0.0378 e. The van der Waals surface area contributed by atoms with Gasteiger partial charge in [-0.15, -0.1) is 0 Å². The van der Waals surface area contributed by atoms with E-state index < -0.39 is 0 Å². The molecule has 1 aliphatic heterocycles. The quantitative estimate of drug-likeness (QED) is 0.706. The van der Waals surface area contributed by atoms with Crippen LogP contribution < -0.4 is 5.32 Å². The normalized spacial score (nSPS) is 20.5. The second kappa shape index (κ2) is 3.84. The Morgan fingerprint density at radius 2 is 1.71 bits per heavy atom. The van der Waals surface area contributed by atoms with Crippen molar-refractivity contribution in [2.24, 2.45) is 5.41 Å². The van der Waals surface area contributed by atoms with Gasteiger partial charge < -0.3 is 5.32 Å². The van der Waals surface area contributed by atoms with E-state index in [-0.39, 0.29) is 10.8 Å². The van der Waals surface area contributed by atoms with Crippen LogP contribution in [0.15, 0.2) is 18.2 Å². The van der Waals surface area contributed by atoms with Crippen LogP contribution >= 0.6 is 0 Å². The molecular weight excluding hydrogens is 206 g/mol. The highest BCUT2D eigenvalue weighted by Gasteiger charge is 2.35. The van der Waals surface area contributed by atoms with Crippen molar-refractivity contribution in [1.82, 2.24) is 5.32 Å². The Kier molecular flexibility index (Phi) is 2.86. The highest BCUT2D eigenvalue weighted by Crippen LogP contribution is 2.43. The molecule has 1 N–H and O–H groups in total. The first kappa shape index (κ1) is 12.6. The van der Waals surface area contributed by atoms with Crippen molar-refractivity contribution in [3.63, 3.8) is 0 Å². The van der Waals surface area contributed by atoms with E-state index in [1.54, 1.807) is 5.56 Å². The van der Waals surface area contributed by atoms with Crippen LogP contribution in [-0.4, -0.2) is 0 Å². The monoisotopic (exact) mass is 231 g/mol. The zero-order valence-electron chi connectivity index (χ0n) is 12.0. The zero-order chi connectivity index (χ0) is 12.8. The summed E-state index contributed by atoms with van der Waals surface area (Å²) in [6.07, 6.45) is 0. The molecule has 1 atom stereocenters. The molecule has 1 aromatic carbocycles. The van der Waals surface area contributed by atoms with Crippen molar-refractivity contribution in [3.05, 3.63) is 34.9 Å². The van der Waals surface area contributed by atoms with E-state index >= 15 is 0 Å². The van der Waals surface area contributed by atoms with E-state index in [1.807, 2.05) is 0 Å². The third-order valence-corrected chi connectivity index (χ3v) is 3.66. The van der Waals surface area contributed by atoms with E-state index in [0.29, 0.717) is 6.04 Å². The molecule has 1 aromatic rings. The Balaban J connectivity index is 2.57. The summed E-state index contributed by atoms with van der Waals surface area (Å²) in [5, 5.41) is 3.67. The predicted molar refractivity (Wildman–Crippen MR) is 74.2 cm³/mol. The van der Waals surface area contributed by atoms with Crippen LogP contribution in [0.2, 0.25) is 0 Å². The van der Waals surface area contributed by atoms with Gasteiger partial charge in [0.25, 0.3) is 0 Å². The second-order valence-electron chi connectivity index (χ2n) is 7.31. The van der Waals surface area contributed by atoms with Crippen LogP contribution in [0, 0.1) is 5.41 Å². The fourth-order valence-electron chi connectivity index (χ4n) is 2.82. The summed E-state index contributed by atoms with van der Waals surface area (Å²) in [6.45, 7) is 14.9. The van der Waals surface area contributed by atoms with Crippen molar-refractivity contribution in [1.29, 1.82) is 0 Å². The van der Waals surface area contributed by atoms with Crippen LogP contribution in [0.1, 0.15) is 64.3 Å². The Morgan fingerprint density at radius 1 is 1.06 bits per heavy atom. The van der Waals surface area contributed by atoms with Crippen LogP contribution in [0.3, 0.4) is 0 Å². The Labute approximate surface area is 106 Å². The van der Waals surface area contributed by atoms with Crippen LogP contribution in [0.5, 0.6) is 0 Å². The Hall–Kier alpha value is -0.820. The van der Waals surface area contributed by atoms with Gasteiger partial charge in [-0.1, -0.05) is 59.7 Å². The first-order valence-corrected chi connectivity index (χ1v) is 6.57. The van der Waals surface area contributed by atoms with Gasteiger partial charge in [-0.3, -0.25) is 0 Å². The molecule has 1 heterocycles. The van der Waals surface area contributed by atoms with Crippen molar-refractivity contribution in [3.8, 4) is 0 Å². The van der Waals surface area contributed by atoms with Crippen molar-refractivity contribution >= 4 is 0 Å². The number of fused-ring (bicyclic) bond motifs is 1. The molecule has 1 nitrogen and oxygen atoms in total. The number of benzene rings is 1. The van der Waals surface area contributed by atoms with Crippen LogP contribution in [0.25, 0.3) is 0 Å². The molecule has 1 unspecified atom stereocenters. The maximum absolute atomic E-state index is 3.67. The minimum absolute atomic E-state index is 0.223. The highest BCUT2D eigenvalue weighted by atomic mass is 15.0. The molecular formula is C16H25N. The second-order valence-corrected chi connectivity index (χ2v) is 7.31. The van der Waals surface area contributed by atoms with Crippen molar-refractivity contribution in [2.75, 3.05) is 0 Å². The summed E-state index contributed by atoms with van der Waals surface area (Å²) >= 11 is 0. The van der Waals surface area contributed by atoms with E-state index in [2.05, 4.69) is 65.1 Å². The maximum atomic E-state index is 3.67. The summed E-state index contributed by atoms with van der Waals surface area (Å²) in [5.74, 6) is 0. The van der Waals surface area contributed by atoms with Crippen molar-refractivity contribution < 1.29 is 0 Å². The van der Waals surface area contributed by atoms with Gasteiger partial charge in [0.1, 0.15) is 0 Å². The summed E-state index contributed by atoms with van der Waals surface area (Å²) in [4.78, 5) is 0. The van der Waals surface area contributed by atoms with Gasteiger partial charge in [0.2, 0.25) is 0 Å². The Morgan fingerprint density at radius 3 is 2.24 bits per heavy atom. The molecule has 2 rings (SSSR count). The highest BCUT2D eigenvalue weighted by molar-refractivity contribution is 5.44. The molecule has 0 radical (unpaired) electrons. The topological polar surface area (TPSA) is 12.0 Å². The van der Waals surface area contributed by atoms with E-state index in [9.17, 15) is 0 Å². The third kappa shape index (κ3) is 2.26. The molecule has 0 saturated carbocycles. The first-order chi connectivity index (χ1) is 7.71. The molecule has 0 saturated heterocycles. The lowest BCUT2D eigenvalue weighted by molar-refractivity contribution is 0.285. The predicted octanol–water partition coefficient (Wildman–Crippen LogP) is 4.17. The standard InChI is InChI=1S/C16H25N/c1-15(2,3)12-9-7-8-11-10-17-14(13(11)12)16(4,5)6/h7-9,14,17H,10H2,1-6H3. The number of hydrogen-bond donors (Lipinski definition) is 1. The van der Waals surface area contributed by atoms with Gasteiger partial charge in [0, 0.05) is 12.6 Å². The Bertz CT molecular complexity index is 418. The van der Waals surface area contributed by atoms with Gasteiger partial charge in [-0.25, -0.2) is 0 Å². The molecule has 0 aromatic heterocycles. The lowest BCUT2D eigenvalue weighted by Crippen LogP contribution is -2.28. The maximum Gasteiger partial charge on any atom is 0.0378 e. The van der Waals surface area contributed by atoms with Gasteiger partial charge in [0.15, 0.2) is 0 Å². The molecule has 1 heteroatoms. The largest absolute Gasteiger partial charge is 0.305 e. The first-order valence-electron chi connectivity index (χ1n) is 6.57. The average Bonchev–Trinajstić information content (AvgIpc) is 2.57. The van der Waals surface area contributed by atoms with Gasteiger partial charge in [-0.2, -0.15) is 0 Å². The lowest BCUT2D eigenvalue weighted by Gasteiger charge is -2.32. The summed E-state index contributed by atoms with van der Waals surface area (Å²) in [7, 11) is 0. The molecule has 0 amide bonds. The fraction of sp³-hybridized carbons (Fsp3) is 0.625. The minimum Gasteiger partial charge on any atom is -0.305 e. The molecule has 0 fully saturated rings. The molecule has 94 valence electrons. The SMILES string of the molecule is CC(C)(C)c1cccc2c1C(C(C)(C)C)NC2. The molecule has 1 aliphatic rings. The average molecular weight is 231 g/mol. The van der Waals surface area contributed by atoms with Crippen molar-refractivity contribution in [2.45, 2.75) is 59.5 Å². The number of hydrogen-bond acceptors (Lipinski definition) is 1. The fourth-order valence-corrected chi connectivity index (χ4v) is 2.82. The van der Waals surface area contributed by atoms with E-state index in [4.69, 9.17) is 0 Å². The molecule has 0 bridgehead atoms.